The molecule has 0 bridgehead atoms. The maximum absolute atomic E-state index is 10.5. The Hall–Kier alpha value is -0.370. The number of hydrogen-bond acceptors (Lipinski definition) is 2. The number of carbonyl (C=O) groups is 1. The first-order valence-electron chi connectivity index (χ1n) is 3.99. The van der Waals surface area contributed by atoms with Gasteiger partial charge in [0.15, 0.2) is 0 Å². The molecule has 0 unspecified atom stereocenters. The van der Waals surface area contributed by atoms with Crippen molar-refractivity contribution in [3.05, 3.63) is 0 Å². The second kappa shape index (κ2) is 5.42. The molecule has 0 rings (SSSR count). The Balaban J connectivity index is 3.81. The second-order valence-electron chi connectivity index (χ2n) is 2.33. The molecular weight excluding hydrogens is 126 g/mol. The van der Waals surface area contributed by atoms with Gasteiger partial charge in [0.25, 0.3) is 0 Å². The zero-order chi connectivity index (χ0) is 7.98. The number of aldehydes is 1. The van der Waals surface area contributed by atoms with E-state index in [4.69, 9.17) is 0 Å². The highest BCUT2D eigenvalue weighted by Gasteiger charge is 2.10. The summed E-state index contributed by atoms with van der Waals surface area (Å²) < 4.78 is 0. The van der Waals surface area contributed by atoms with E-state index in [1.54, 1.807) is 0 Å². The van der Waals surface area contributed by atoms with Crippen LogP contribution in [0.4, 0.5) is 0 Å². The quantitative estimate of drug-likeness (QED) is 0.541. The van der Waals surface area contributed by atoms with E-state index < -0.39 is 0 Å². The predicted octanol–water partition coefficient (Wildman–Crippen LogP) is 1.31. The zero-order valence-corrected chi connectivity index (χ0v) is 7.13. The molecule has 0 fully saturated rings. The third-order valence-electron chi connectivity index (χ3n) is 1.86. The van der Waals surface area contributed by atoms with Crippen molar-refractivity contribution in [1.29, 1.82) is 0 Å². The van der Waals surface area contributed by atoms with Gasteiger partial charge in [0, 0.05) is 0 Å². The molecular formula is C8H17NO. The summed E-state index contributed by atoms with van der Waals surface area (Å²) in [6, 6.07) is 0.134. The fourth-order valence-corrected chi connectivity index (χ4v) is 1.13. The minimum Gasteiger partial charge on any atom is -0.302 e. The van der Waals surface area contributed by atoms with Gasteiger partial charge in [-0.1, -0.05) is 20.8 Å². The predicted molar refractivity (Wildman–Crippen MR) is 43.1 cm³/mol. The lowest BCUT2D eigenvalue weighted by molar-refractivity contribution is -0.112. The van der Waals surface area contributed by atoms with Crippen LogP contribution in [0.5, 0.6) is 0 Å². The van der Waals surface area contributed by atoms with E-state index in [2.05, 4.69) is 18.7 Å². The molecule has 2 nitrogen and oxygen atoms in total. The van der Waals surface area contributed by atoms with E-state index in [1.807, 2.05) is 6.92 Å². The average Bonchev–Trinajstić information content (AvgIpc) is 2.00. The van der Waals surface area contributed by atoms with Gasteiger partial charge in [0.05, 0.1) is 6.04 Å². The Morgan fingerprint density at radius 2 is 1.80 bits per heavy atom. The van der Waals surface area contributed by atoms with Gasteiger partial charge in [0.2, 0.25) is 0 Å². The largest absolute Gasteiger partial charge is 0.302 e. The van der Waals surface area contributed by atoms with Gasteiger partial charge < -0.3 is 4.79 Å². The van der Waals surface area contributed by atoms with Crippen LogP contribution in [-0.2, 0) is 4.79 Å². The van der Waals surface area contributed by atoms with Crippen LogP contribution in [0.2, 0.25) is 0 Å². The molecule has 0 aromatic carbocycles. The van der Waals surface area contributed by atoms with Crippen molar-refractivity contribution >= 4 is 6.29 Å². The normalized spacial score (nSPS) is 13.6. The maximum Gasteiger partial charge on any atom is 0.137 e. The van der Waals surface area contributed by atoms with Gasteiger partial charge in [-0.3, -0.25) is 4.90 Å². The number of carbonyl (C=O) groups excluding carboxylic acids is 1. The molecule has 0 spiro atoms. The van der Waals surface area contributed by atoms with E-state index in [-0.39, 0.29) is 6.04 Å². The SMILES string of the molecule is CC[C@@H](C=O)N(CC)CC. The summed E-state index contributed by atoms with van der Waals surface area (Å²) in [4.78, 5) is 12.6. The molecule has 60 valence electrons. The van der Waals surface area contributed by atoms with Crippen LogP contribution < -0.4 is 0 Å². The molecule has 0 aliphatic heterocycles. The van der Waals surface area contributed by atoms with E-state index in [0.29, 0.717) is 0 Å². The van der Waals surface area contributed by atoms with E-state index >= 15 is 0 Å². The van der Waals surface area contributed by atoms with Crippen LogP contribution in [0.15, 0.2) is 0 Å². The lowest BCUT2D eigenvalue weighted by atomic mass is 10.2. The number of hydrogen-bond donors (Lipinski definition) is 0. The number of likely N-dealkylation sites (N-methyl/N-ethyl adjacent to an activating group) is 1. The summed E-state index contributed by atoms with van der Waals surface area (Å²) in [5.41, 5.74) is 0. The number of nitrogens with zero attached hydrogens (tertiary/aromatic N) is 1. The molecule has 0 heterocycles. The minimum atomic E-state index is 0.134. The minimum absolute atomic E-state index is 0.134. The summed E-state index contributed by atoms with van der Waals surface area (Å²) in [6.45, 7) is 8.13. The second-order valence-corrected chi connectivity index (χ2v) is 2.33. The van der Waals surface area contributed by atoms with Crippen LogP contribution in [0.1, 0.15) is 27.2 Å². The van der Waals surface area contributed by atoms with Crippen LogP contribution in [0.25, 0.3) is 0 Å². The topological polar surface area (TPSA) is 20.3 Å². The summed E-state index contributed by atoms with van der Waals surface area (Å²) >= 11 is 0. The summed E-state index contributed by atoms with van der Waals surface area (Å²) in [5, 5.41) is 0. The average molecular weight is 143 g/mol. The summed E-state index contributed by atoms with van der Waals surface area (Å²) in [6.07, 6.45) is 1.96. The lowest BCUT2D eigenvalue weighted by Gasteiger charge is -2.23. The monoisotopic (exact) mass is 143 g/mol. The molecule has 0 radical (unpaired) electrons. The van der Waals surface area contributed by atoms with Crippen molar-refractivity contribution in [3.63, 3.8) is 0 Å². The molecule has 0 N–H and O–H groups in total. The standard InChI is InChI=1S/C8H17NO/c1-4-8(7-10)9(5-2)6-3/h7-8H,4-6H2,1-3H3/t8-/m0/s1. The van der Waals surface area contributed by atoms with Gasteiger partial charge in [-0.25, -0.2) is 0 Å². The van der Waals surface area contributed by atoms with Gasteiger partial charge in [0.1, 0.15) is 6.29 Å². The van der Waals surface area contributed by atoms with Crippen LogP contribution in [0, 0.1) is 0 Å². The van der Waals surface area contributed by atoms with Crippen molar-refractivity contribution in [1.82, 2.24) is 4.90 Å². The maximum atomic E-state index is 10.5. The first-order valence-corrected chi connectivity index (χ1v) is 3.99. The third kappa shape index (κ3) is 2.48. The molecule has 0 saturated heterocycles. The fourth-order valence-electron chi connectivity index (χ4n) is 1.13. The van der Waals surface area contributed by atoms with Gasteiger partial charge in [-0.15, -0.1) is 0 Å². The summed E-state index contributed by atoms with van der Waals surface area (Å²) in [5.74, 6) is 0. The highest BCUT2D eigenvalue weighted by molar-refractivity contribution is 5.57. The molecule has 0 aliphatic rings. The van der Waals surface area contributed by atoms with E-state index in [9.17, 15) is 4.79 Å². The molecule has 2 heteroatoms. The molecule has 0 aliphatic carbocycles. The van der Waals surface area contributed by atoms with Gasteiger partial charge >= 0.3 is 0 Å². The van der Waals surface area contributed by atoms with Crippen LogP contribution in [0.3, 0.4) is 0 Å². The highest BCUT2D eigenvalue weighted by Crippen LogP contribution is 1.99. The fraction of sp³-hybridized carbons (Fsp3) is 0.875. The van der Waals surface area contributed by atoms with Crippen molar-refractivity contribution < 1.29 is 4.79 Å². The number of rotatable bonds is 5. The van der Waals surface area contributed by atoms with E-state index in [0.717, 1.165) is 25.8 Å². The molecule has 10 heavy (non-hydrogen) atoms. The van der Waals surface area contributed by atoms with Crippen LogP contribution >= 0.6 is 0 Å². The summed E-state index contributed by atoms with van der Waals surface area (Å²) in [7, 11) is 0. The van der Waals surface area contributed by atoms with Gasteiger partial charge in [-0.05, 0) is 19.5 Å². The Morgan fingerprint density at radius 1 is 1.30 bits per heavy atom. The molecule has 0 aromatic heterocycles. The Kier molecular flexibility index (Phi) is 5.22. The lowest BCUT2D eigenvalue weighted by Crippen LogP contribution is -2.35. The zero-order valence-electron chi connectivity index (χ0n) is 7.13. The third-order valence-corrected chi connectivity index (χ3v) is 1.86. The van der Waals surface area contributed by atoms with Crippen molar-refractivity contribution in [3.8, 4) is 0 Å². The van der Waals surface area contributed by atoms with Crippen LogP contribution in [-0.4, -0.2) is 30.3 Å². The molecule has 0 aromatic rings. The smallest absolute Gasteiger partial charge is 0.137 e. The van der Waals surface area contributed by atoms with Gasteiger partial charge in [-0.2, -0.15) is 0 Å². The van der Waals surface area contributed by atoms with E-state index in [1.165, 1.54) is 0 Å². The first kappa shape index (κ1) is 9.63. The molecule has 1 atom stereocenters. The molecule has 0 amide bonds. The Bertz CT molecular complexity index is 89.3. The Labute approximate surface area is 63.2 Å². The Morgan fingerprint density at radius 3 is 1.90 bits per heavy atom. The first-order chi connectivity index (χ1) is 4.79. The van der Waals surface area contributed by atoms with Crippen molar-refractivity contribution in [2.75, 3.05) is 13.1 Å². The van der Waals surface area contributed by atoms with Crippen molar-refractivity contribution in [2.24, 2.45) is 0 Å². The molecule has 0 saturated carbocycles. The highest BCUT2D eigenvalue weighted by atomic mass is 16.1. The van der Waals surface area contributed by atoms with Crippen molar-refractivity contribution in [2.45, 2.75) is 33.2 Å².